The number of rotatable bonds is 10. The number of aliphatic hydroxyl groups is 3. The number of carboxylic acid groups (broad SMARTS) is 1. The van der Waals surface area contributed by atoms with Gasteiger partial charge in [0.2, 0.25) is 0 Å². The Labute approximate surface area is 296 Å². The van der Waals surface area contributed by atoms with Crippen molar-refractivity contribution in [2.24, 2.45) is 45.3 Å². The van der Waals surface area contributed by atoms with Crippen LogP contribution in [0.3, 0.4) is 0 Å². The Kier molecular flexibility index (Phi) is 8.95. The molecule has 1 aromatic rings. The van der Waals surface area contributed by atoms with Gasteiger partial charge in [0.05, 0.1) is 11.7 Å². The standard InChI is InChI=1S/C42H55NO7/c1-25(21-28(44)22-27(36(47)48)16-20-43-7)30-23-41(49)18-19-42(50)29(14-13-26-11-9-8-10-12-26)34-37(2,3)32(46)15-17-38(34,4)33-31(45)24-39(30,5)40(41,6)35(33)42/h8-14,18-19,22,25,28-30,34,43-44,49-50H,15-17,20-21,23-24H2,1-7H3,(H,47,48)/t25-,28+,29+,30+,34+,38-,39-,40+,41-,42+/m1/s1. The number of ketones is 2. The van der Waals surface area contributed by atoms with E-state index in [1.807, 2.05) is 70.2 Å². The fourth-order valence-corrected chi connectivity index (χ4v) is 11.7. The molecule has 8 heteroatoms. The minimum Gasteiger partial charge on any atom is -0.478 e. The summed E-state index contributed by atoms with van der Waals surface area (Å²) in [6.45, 7) is 12.6. The second-order valence-corrected chi connectivity index (χ2v) is 17.3. The van der Waals surface area contributed by atoms with Gasteiger partial charge >= 0.3 is 5.97 Å². The van der Waals surface area contributed by atoms with Crippen LogP contribution in [0.15, 0.2) is 71.4 Å². The number of fused-ring (bicyclic) bond motifs is 2. The summed E-state index contributed by atoms with van der Waals surface area (Å²) in [7, 11) is 1.74. The zero-order valence-electron chi connectivity index (χ0n) is 30.6. The van der Waals surface area contributed by atoms with E-state index in [1.54, 1.807) is 19.2 Å². The highest BCUT2D eigenvalue weighted by atomic mass is 16.4. The molecular formula is C42H55NO7. The van der Waals surface area contributed by atoms with Crippen LogP contribution in [0.5, 0.6) is 0 Å². The first kappa shape index (κ1) is 36.6. The molecule has 5 aliphatic rings. The van der Waals surface area contributed by atoms with Crippen LogP contribution < -0.4 is 5.32 Å². The summed E-state index contributed by atoms with van der Waals surface area (Å²) in [4.78, 5) is 40.4. The van der Waals surface area contributed by atoms with Gasteiger partial charge < -0.3 is 25.7 Å². The van der Waals surface area contributed by atoms with Crippen molar-refractivity contribution >= 4 is 23.6 Å². The highest BCUT2D eigenvalue weighted by Gasteiger charge is 2.78. The van der Waals surface area contributed by atoms with Crippen LogP contribution in [0.2, 0.25) is 0 Å². The first-order valence-electron chi connectivity index (χ1n) is 18.3. The van der Waals surface area contributed by atoms with Gasteiger partial charge in [-0.2, -0.15) is 0 Å². The number of carbonyl (C=O) groups is 3. The molecule has 0 aromatic heterocycles. The molecule has 5 aliphatic carbocycles. The van der Waals surface area contributed by atoms with Gasteiger partial charge in [-0.25, -0.2) is 4.79 Å². The number of carboxylic acids is 1. The molecule has 6 rings (SSSR count). The van der Waals surface area contributed by atoms with Crippen molar-refractivity contribution in [3.8, 4) is 0 Å². The number of aliphatic hydroxyl groups excluding tert-OH is 1. The Hall–Kier alpha value is -3.17. The van der Waals surface area contributed by atoms with Gasteiger partial charge in [-0.3, -0.25) is 9.59 Å². The molecule has 0 heterocycles. The maximum atomic E-state index is 14.9. The quantitative estimate of drug-likeness (QED) is 0.156. The van der Waals surface area contributed by atoms with E-state index in [4.69, 9.17) is 0 Å². The number of hydrogen-bond donors (Lipinski definition) is 5. The second kappa shape index (κ2) is 12.2. The number of hydrogen-bond acceptors (Lipinski definition) is 7. The van der Waals surface area contributed by atoms with Crippen LogP contribution in [0, 0.1) is 45.3 Å². The lowest BCUT2D eigenvalue weighted by atomic mass is 9.36. The third-order valence-corrected chi connectivity index (χ3v) is 14.3. The van der Waals surface area contributed by atoms with E-state index in [0.29, 0.717) is 37.0 Å². The molecule has 2 saturated carbocycles. The van der Waals surface area contributed by atoms with Crippen LogP contribution in [0.1, 0.15) is 85.6 Å². The van der Waals surface area contributed by atoms with Crippen molar-refractivity contribution in [2.45, 2.75) is 97.4 Å². The zero-order valence-corrected chi connectivity index (χ0v) is 30.6. The zero-order chi connectivity index (χ0) is 36.7. The van der Waals surface area contributed by atoms with Gasteiger partial charge in [0, 0.05) is 46.2 Å². The molecule has 0 radical (unpaired) electrons. The summed E-state index contributed by atoms with van der Waals surface area (Å²) in [6, 6.07) is 9.85. The molecule has 0 unspecified atom stereocenters. The molecule has 1 aromatic carbocycles. The molecular weight excluding hydrogens is 630 g/mol. The minimum absolute atomic E-state index is 0.0426. The van der Waals surface area contributed by atoms with Crippen LogP contribution in [0.25, 0.3) is 6.08 Å². The Morgan fingerprint density at radius 3 is 2.38 bits per heavy atom. The monoisotopic (exact) mass is 685 g/mol. The lowest BCUT2D eigenvalue weighted by molar-refractivity contribution is -0.161. The summed E-state index contributed by atoms with van der Waals surface area (Å²) in [6.07, 6.45) is 9.75. The predicted molar refractivity (Wildman–Crippen MR) is 193 cm³/mol. The van der Waals surface area contributed by atoms with Gasteiger partial charge in [-0.05, 0) is 85.7 Å². The number of Topliss-reactive ketones (excluding diaryl/α,β-unsaturated/α-hetero) is 2. The summed E-state index contributed by atoms with van der Waals surface area (Å²) < 4.78 is 0. The molecule has 2 fully saturated rings. The second-order valence-electron chi connectivity index (χ2n) is 17.3. The van der Waals surface area contributed by atoms with E-state index in [9.17, 15) is 34.8 Å². The number of allylic oxidation sites excluding steroid dienone is 1. The predicted octanol–water partition coefficient (Wildman–Crippen LogP) is 5.68. The molecule has 270 valence electrons. The molecule has 0 bridgehead atoms. The van der Waals surface area contributed by atoms with Gasteiger partial charge in [-0.15, -0.1) is 0 Å². The van der Waals surface area contributed by atoms with Gasteiger partial charge in [0.25, 0.3) is 0 Å². The average Bonchev–Trinajstić information content (AvgIpc) is 3.23. The van der Waals surface area contributed by atoms with E-state index in [2.05, 4.69) is 19.2 Å². The van der Waals surface area contributed by atoms with E-state index < -0.39 is 50.9 Å². The van der Waals surface area contributed by atoms with Gasteiger partial charge in [0.1, 0.15) is 11.4 Å². The Morgan fingerprint density at radius 1 is 1.06 bits per heavy atom. The SMILES string of the molecule is CNCCC(=C[C@@H](O)C[C@@H](C)[C@@H]1C[C@]2(O)C=C[C@@]3(O)C4=C(C(=O)C[C@@]1(C)[C@]42C)[C@@]1(C)CCC(=O)C(C)(C)[C@@H]1[C@@H]3C=Cc1ccccc1)C(=O)O. The van der Waals surface area contributed by atoms with Crippen molar-refractivity contribution in [1.82, 2.24) is 5.32 Å². The molecule has 0 spiro atoms. The van der Waals surface area contributed by atoms with Crippen molar-refractivity contribution in [3.63, 3.8) is 0 Å². The number of nitrogens with one attached hydrogen (secondary N) is 1. The fraction of sp³-hybridized carbons (Fsp3) is 0.595. The molecule has 5 N–H and O–H groups in total. The van der Waals surface area contributed by atoms with E-state index in [0.717, 1.165) is 5.56 Å². The Bertz CT molecular complexity index is 1710. The highest BCUT2D eigenvalue weighted by molar-refractivity contribution is 6.02. The van der Waals surface area contributed by atoms with Crippen LogP contribution in [-0.2, 0) is 14.4 Å². The first-order chi connectivity index (χ1) is 23.3. The molecule has 0 saturated heterocycles. The topological polar surface area (TPSA) is 144 Å². The summed E-state index contributed by atoms with van der Waals surface area (Å²) >= 11 is 0. The number of carbonyl (C=O) groups excluding carboxylic acids is 2. The van der Waals surface area contributed by atoms with Crippen molar-refractivity contribution in [3.05, 3.63) is 76.9 Å². The van der Waals surface area contributed by atoms with Gasteiger partial charge in [0.15, 0.2) is 5.78 Å². The largest absolute Gasteiger partial charge is 0.478 e. The van der Waals surface area contributed by atoms with E-state index >= 15 is 0 Å². The lowest BCUT2D eigenvalue weighted by Gasteiger charge is -2.68. The highest BCUT2D eigenvalue weighted by Crippen LogP contribution is 2.78. The Morgan fingerprint density at radius 2 is 1.74 bits per heavy atom. The van der Waals surface area contributed by atoms with Gasteiger partial charge in [-0.1, -0.05) is 90.1 Å². The molecule has 50 heavy (non-hydrogen) atoms. The molecule has 10 atom stereocenters. The van der Waals surface area contributed by atoms with Crippen LogP contribution in [0.4, 0.5) is 0 Å². The van der Waals surface area contributed by atoms with Crippen LogP contribution in [-0.4, -0.2) is 68.9 Å². The van der Waals surface area contributed by atoms with Crippen molar-refractivity contribution < 1.29 is 34.8 Å². The summed E-state index contributed by atoms with van der Waals surface area (Å²) in [5, 5.41) is 49.9. The molecule has 8 nitrogen and oxygen atoms in total. The van der Waals surface area contributed by atoms with Crippen LogP contribution >= 0.6 is 0 Å². The fourth-order valence-electron chi connectivity index (χ4n) is 11.7. The first-order valence-corrected chi connectivity index (χ1v) is 18.3. The molecule has 0 aliphatic heterocycles. The number of aliphatic carboxylic acids is 1. The minimum atomic E-state index is -1.64. The summed E-state index contributed by atoms with van der Waals surface area (Å²) in [5.41, 5.74) is -4.11. The Balaban J connectivity index is 1.50. The van der Waals surface area contributed by atoms with E-state index in [1.165, 1.54) is 6.08 Å². The summed E-state index contributed by atoms with van der Waals surface area (Å²) in [5.74, 6) is -2.35. The smallest absolute Gasteiger partial charge is 0.331 e. The lowest BCUT2D eigenvalue weighted by Crippen LogP contribution is -2.69. The third kappa shape index (κ3) is 5.03. The van der Waals surface area contributed by atoms with E-state index in [-0.39, 0.29) is 54.2 Å². The average molecular weight is 686 g/mol. The third-order valence-electron chi connectivity index (χ3n) is 14.3. The maximum absolute atomic E-state index is 14.9. The molecule has 0 amide bonds. The number of benzene rings is 1. The normalized spacial score (nSPS) is 40.1. The van der Waals surface area contributed by atoms with Crippen molar-refractivity contribution in [2.75, 3.05) is 13.6 Å². The maximum Gasteiger partial charge on any atom is 0.331 e. The van der Waals surface area contributed by atoms with Crippen molar-refractivity contribution in [1.29, 1.82) is 0 Å².